The van der Waals surface area contributed by atoms with Gasteiger partial charge in [-0.2, -0.15) is 0 Å². The van der Waals surface area contributed by atoms with Crippen molar-refractivity contribution in [1.29, 1.82) is 0 Å². The Morgan fingerprint density at radius 3 is 2.79 bits per heavy atom. The van der Waals surface area contributed by atoms with Gasteiger partial charge in [-0.05, 0) is 24.3 Å². The molecule has 2 N–H and O–H groups in total. The van der Waals surface area contributed by atoms with Crippen LogP contribution in [0.4, 0.5) is 5.69 Å². The molecule has 2 rings (SSSR count). The number of aryl methyl sites for hydroxylation is 1. The van der Waals surface area contributed by atoms with Gasteiger partial charge in [0.2, 0.25) is 0 Å². The number of benzene rings is 1. The predicted octanol–water partition coefficient (Wildman–Crippen LogP) is 3.53. The van der Waals surface area contributed by atoms with E-state index in [-0.39, 0.29) is 5.56 Å². The molecule has 19 heavy (non-hydrogen) atoms. The molecule has 0 aliphatic heterocycles. The average molecular weight is 315 g/mol. The lowest BCUT2D eigenvalue weighted by Crippen LogP contribution is -2.19. The lowest BCUT2D eigenvalue weighted by atomic mass is 10.4. The summed E-state index contributed by atoms with van der Waals surface area (Å²) in [5, 5.41) is 1.31. The van der Waals surface area contributed by atoms with Crippen molar-refractivity contribution < 1.29 is 0 Å². The summed E-state index contributed by atoms with van der Waals surface area (Å²) in [4.78, 5) is 12.5. The Morgan fingerprint density at radius 1 is 1.21 bits per heavy atom. The summed E-state index contributed by atoms with van der Waals surface area (Å²) in [6.45, 7) is 0.567. The third kappa shape index (κ3) is 3.93. The number of halogens is 2. The number of aromatic nitrogens is 1. The number of anilines is 1. The van der Waals surface area contributed by atoms with Gasteiger partial charge < -0.3 is 10.3 Å². The van der Waals surface area contributed by atoms with Crippen molar-refractivity contribution in [2.45, 2.75) is 11.4 Å². The van der Waals surface area contributed by atoms with E-state index in [1.54, 1.807) is 40.7 Å². The molecule has 1 heterocycles. The maximum absolute atomic E-state index is 11.6. The molecule has 0 spiro atoms. The Bertz CT molecular complexity index is 643. The normalized spacial score (nSPS) is 10.6. The zero-order chi connectivity index (χ0) is 13.8. The molecule has 6 heteroatoms. The van der Waals surface area contributed by atoms with Crippen molar-refractivity contribution in [2.24, 2.45) is 0 Å². The standard InChI is InChI=1S/C13H12Cl2N2OS/c14-9-1-3-11(15)12(7-9)19-6-5-17-8-10(16)2-4-13(17)18/h1-4,7-8H,5-6,16H2. The molecule has 1 aromatic carbocycles. The summed E-state index contributed by atoms with van der Waals surface area (Å²) < 4.78 is 1.58. The monoisotopic (exact) mass is 314 g/mol. The Kier molecular flexibility index (Phi) is 4.80. The highest BCUT2D eigenvalue weighted by Crippen LogP contribution is 2.29. The largest absolute Gasteiger partial charge is 0.398 e. The van der Waals surface area contributed by atoms with Gasteiger partial charge in [-0.15, -0.1) is 11.8 Å². The van der Waals surface area contributed by atoms with Crippen molar-refractivity contribution in [3.63, 3.8) is 0 Å². The second kappa shape index (κ2) is 6.37. The molecule has 0 radical (unpaired) electrons. The SMILES string of the molecule is Nc1ccc(=O)n(CCSc2cc(Cl)ccc2Cl)c1. The Morgan fingerprint density at radius 2 is 2.00 bits per heavy atom. The Hall–Kier alpha value is -1.10. The minimum Gasteiger partial charge on any atom is -0.398 e. The van der Waals surface area contributed by atoms with Gasteiger partial charge in [0.05, 0.1) is 5.02 Å². The maximum atomic E-state index is 11.6. The molecule has 0 fully saturated rings. The van der Waals surface area contributed by atoms with Crippen molar-refractivity contribution in [3.05, 3.63) is 56.9 Å². The molecule has 2 aromatic rings. The highest BCUT2D eigenvalue weighted by Gasteiger charge is 2.03. The zero-order valence-electron chi connectivity index (χ0n) is 9.98. The first kappa shape index (κ1) is 14.3. The van der Waals surface area contributed by atoms with E-state index in [9.17, 15) is 4.79 Å². The fraction of sp³-hybridized carbons (Fsp3) is 0.154. The van der Waals surface area contributed by atoms with Crippen LogP contribution >= 0.6 is 35.0 Å². The summed E-state index contributed by atoms with van der Waals surface area (Å²) >= 11 is 13.5. The summed E-state index contributed by atoms with van der Waals surface area (Å²) in [5.41, 5.74) is 6.16. The zero-order valence-corrected chi connectivity index (χ0v) is 12.3. The predicted molar refractivity (Wildman–Crippen MR) is 82.3 cm³/mol. The fourth-order valence-corrected chi connectivity index (χ4v) is 3.01. The van der Waals surface area contributed by atoms with E-state index in [4.69, 9.17) is 28.9 Å². The Labute approximate surface area is 125 Å². The van der Waals surface area contributed by atoms with Crippen LogP contribution in [0.3, 0.4) is 0 Å². The molecular weight excluding hydrogens is 303 g/mol. The van der Waals surface area contributed by atoms with Crippen LogP contribution in [0.15, 0.2) is 46.2 Å². The van der Waals surface area contributed by atoms with Crippen molar-refractivity contribution in [2.75, 3.05) is 11.5 Å². The van der Waals surface area contributed by atoms with Crippen LogP contribution < -0.4 is 11.3 Å². The number of nitrogen functional groups attached to an aromatic ring is 1. The van der Waals surface area contributed by atoms with Crippen LogP contribution in [0, 0.1) is 0 Å². The third-order valence-electron chi connectivity index (χ3n) is 2.49. The van der Waals surface area contributed by atoms with Gasteiger partial charge in [0, 0.05) is 40.2 Å². The van der Waals surface area contributed by atoms with Crippen LogP contribution in [-0.4, -0.2) is 10.3 Å². The molecule has 0 bridgehead atoms. The van der Waals surface area contributed by atoms with E-state index in [1.807, 2.05) is 6.07 Å². The van der Waals surface area contributed by atoms with Gasteiger partial charge >= 0.3 is 0 Å². The highest BCUT2D eigenvalue weighted by molar-refractivity contribution is 7.99. The van der Waals surface area contributed by atoms with Gasteiger partial charge in [0.1, 0.15) is 0 Å². The molecular formula is C13H12Cl2N2OS. The number of nitrogens with two attached hydrogens (primary N) is 1. The number of thioether (sulfide) groups is 1. The Balaban J connectivity index is 2.02. The molecule has 0 aliphatic carbocycles. The fourth-order valence-electron chi connectivity index (χ4n) is 1.57. The number of pyridine rings is 1. The maximum Gasteiger partial charge on any atom is 0.250 e. The van der Waals surface area contributed by atoms with Crippen LogP contribution in [0.1, 0.15) is 0 Å². The molecule has 0 aliphatic rings. The third-order valence-corrected chi connectivity index (χ3v) is 4.20. The number of rotatable bonds is 4. The second-order valence-electron chi connectivity index (χ2n) is 3.92. The van der Waals surface area contributed by atoms with Crippen LogP contribution in [0.2, 0.25) is 10.0 Å². The van der Waals surface area contributed by atoms with E-state index in [0.717, 1.165) is 4.90 Å². The van der Waals surface area contributed by atoms with E-state index in [0.29, 0.717) is 28.0 Å². The van der Waals surface area contributed by atoms with Gasteiger partial charge in [-0.3, -0.25) is 4.79 Å². The summed E-state index contributed by atoms with van der Waals surface area (Å²) in [5.74, 6) is 0.712. The minimum atomic E-state index is -0.0630. The van der Waals surface area contributed by atoms with Gasteiger partial charge in [0.25, 0.3) is 5.56 Å². The van der Waals surface area contributed by atoms with Crippen LogP contribution in [0.5, 0.6) is 0 Å². The average Bonchev–Trinajstić information content (AvgIpc) is 2.38. The molecule has 0 atom stereocenters. The van der Waals surface area contributed by atoms with E-state index >= 15 is 0 Å². The molecule has 3 nitrogen and oxygen atoms in total. The lowest BCUT2D eigenvalue weighted by Gasteiger charge is -2.07. The lowest BCUT2D eigenvalue weighted by molar-refractivity contribution is 0.737. The molecule has 0 saturated carbocycles. The minimum absolute atomic E-state index is 0.0630. The first-order chi connectivity index (χ1) is 9.06. The van der Waals surface area contributed by atoms with Crippen molar-refractivity contribution in [1.82, 2.24) is 4.57 Å². The van der Waals surface area contributed by atoms with E-state index < -0.39 is 0 Å². The van der Waals surface area contributed by atoms with Gasteiger partial charge in [0.15, 0.2) is 0 Å². The number of hydrogen-bond donors (Lipinski definition) is 1. The van der Waals surface area contributed by atoms with Gasteiger partial charge in [-0.25, -0.2) is 0 Å². The summed E-state index contributed by atoms with van der Waals surface area (Å²) in [6, 6.07) is 8.39. The highest BCUT2D eigenvalue weighted by atomic mass is 35.5. The topological polar surface area (TPSA) is 48.0 Å². The molecule has 0 saturated heterocycles. The molecule has 0 amide bonds. The number of nitrogens with zero attached hydrogens (tertiary/aromatic N) is 1. The quantitative estimate of drug-likeness (QED) is 0.878. The van der Waals surface area contributed by atoms with Crippen molar-refractivity contribution in [3.8, 4) is 0 Å². The van der Waals surface area contributed by atoms with Crippen molar-refractivity contribution >= 4 is 40.7 Å². The smallest absolute Gasteiger partial charge is 0.250 e. The van der Waals surface area contributed by atoms with Gasteiger partial charge in [-0.1, -0.05) is 23.2 Å². The first-order valence-electron chi connectivity index (χ1n) is 5.60. The second-order valence-corrected chi connectivity index (χ2v) is 5.90. The molecule has 100 valence electrons. The summed E-state index contributed by atoms with van der Waals surface area (Å²) in [6.07, 6.45) is 1.64. The number of hydrogen-bond acceptors (Lipinski definition) is 3. The molecule has 1 aromatic heterocycles. The summed E-state index contributed by atoms with van der Waals surface area (Å²) in [7, 11) is 0. The van der Waals surface area contributed by atoms with E-state index in [1.165, 1.54) is 6.07 Å². The first-order valence-corrected chi connectivity index (χ1v) is 7.34. The molecule has 0 unspecified atom stereocenters. The van der Waals surface area contributed by atoms with Crippen LogP contribution in [0.25, 0.3) is 0 Å². The van der Waals surface area contributed by atoms with Crippen LogP contribution in [-0.2, 0) is 6.54 Å². The van der Waals surface area contributed by atoms with E-state index in [2.05, 4.69) is 0 Å².